The van der Waals surface area contributed by atoms with Gasteiger partial charge in [-0.2, -0.15) is 0 Å². The van der Waals surface area contributed by atoms with E-state index in [9.17, 15) is 0 Å². The van der Waals surface area contributed by atoms with E-state index in [0.717, 1.165) is 38.3 Å². The molecule has 1 unspecified atom stereocenters. The molecule has 1 saturated heterocycles. The molecule has 1 fully saturated rings. The van der Waals surface area contributed by atoms with Gasteiger partial charge in [0.25, 0.3) is 0 Å². The van der Waals surface area contributed by atoms with Gasteiger partial charge in [-0.25, -0.2) is 0 Å². The molecule has 118 valence electrons. The molecule has 0 saturated carbocycles. The van der Waals surface area contributed by atoms with Crippen LogP contribution in [0, 0.1) is 0 Å². The number of nitrogens with one attached hydrogen (secondary N) is 1. The number of nitrogens with zero attached hydrogens (tertiary/aromatic N) is 1. The predicted octanol–water partition coefficient (Wildman–Crippen LogP) is 3.31. The quantitative estimate of drug-likeness (QED) is 0.916. The van der Waals surface area contributed by atoms with Crippen molar-refractivity contribution in [3.63, 3.8) is 0 Å². The summed E-state index contributed by atoms with van der Waals surface area (Å²) in [7, 11) is 1.72. The van der Waals surface area contributed by atoms with Crippen LogP contribution in [0.4, 0.5) is 0 Å². The number of ether oxygens (including phenoxy) is 1. The van der Waals surface area contributed by atoms with Gasteiger partial charge in [0.15, 0.2) is 0 Å². The molecule has 1 atom stereocenters. The van der Waals surface area contributed by atoms with Crippen LogP contribution >= 0.6 is 11.3 Å². The Balaban J connectivity index is 1.93. The lowest BCUT2D eigenvalue weighted by atomic mass is 10.0. The summed E-state index contributed by atoms with van der Waals surface area (Å²) in [6.45, 7) is 6.55. The van der Waals surface area contributed by atoms with Crippen molar-refractivity contribution in [3.8, 4) is 5.75 Å². The molecule has 2 heterocycles. The Morgan fingerprint density at radius 2 is 1.86 bits per heavy atom. The predicted molar refractivity (Wildman–Crippen MR) is 93.0 cm³/mol. The first-order valence-corrected chi connectivity index (χ1v) is 8.80. The van der Waals surface area contributed by atoms with Crippen molar-refractivity contribution in [2.24, 2.45) is 0 Å². The van der Waals surface area contributed by atoms with Crippen LogP contribution in [0.25, 0.3) is 0 Å². The largest absolute Gasteiger partial charge is 0.497 e. The van der Waals surface area contributed by atoms with Gasteiger partial charge in [-0.1, -0.05) is 19.1 Å². The van der Waals surface area contributed by atoms with Crippen molar-refractivity contribution in [1.82, 2.24) is 10.2 Å². The number of piperazine rings is 1. The van der Waals surface area contributed by atoms with Crippen molar-refractivity contribution < 1.29 is 4.74 Å². The first-order valence-electron chi connectivity index (χ1n) is 7.99. The number of aryl methyl sites for hydroxylation is 1. The van der Waals surface area contributed by atoms with Gasteiger partial charge in [-0.15, -0.1) is 11.3 Å². The van der Waals surface area contributed by atoms with Crippen LogP contribution in [0.1, 0.15) is 28.3 Å². The second-order valence-electron chi connectivity index (χ2n) is 5.62. The number of hydrogen-bond donors (Lipinski definition) is 1. The van der Waals surface area contributed by atoms with Gasteiger partial charge in [0, 0.05) is 35.9 Å². The van der Waals surface area contributed by atoms with Gasteiger partial charge in [-0.3, -0.25) is 4.90 Å². The van der Waals surface area contributed by atoms with Crippen molar-refractivity contribution in [2.45, 2.75) is 19.4 Å². The summed E-state index contributed by atoms with van der Waals surface area (Å²) in [6, 6.07) is 13.5. The van der Waals surface area contributed by atoms with E-state index < -0.39 is 0 Å². The smallest absolute Gasteiger partial charge is 0.118 e. The Morgan fingerprint density at radius 1 is 1.14 bits per heavy atom. The third-order valence-corrected chi connectivity index (χ3v) is 5.53. The molecule has 1 N–H and O–H groups in total. The lowest BCUT2D eigenvalue weighted by molar-refractivity contribution is 0.200. The molecule has 0 radical (unpaired) electrons. The van der Waals surface area contributed by atoms with Crippen LogP contribution in [-0.4, -0.2) is 38.2 Å². The van der Waals surface area contributed by atoms with Crippen molar-refractivity contribution in [2.75, 3.05) is 33.3 Å². The van der Waals surface area contributed by atoms with Crippen LogP contribution in [0.3, 0.4) is 0 Å². The van der Waals surface area contributed by atoms with Crippen molar-refractivity contribution in [3.05, 3.63) is 51.7 Å². The Kier molecular flexibility index (Phi) is 5.13. The van der Waals surface area contributed by atoms with Gasteiger partial charge in [0.1, 0.15) is 5.75 Å². The van der Waals surface area contributed by atoms with Gasteiger partial charge in [-0.05, 0) is 36.2 Å². The van der Waals surface area contributed by atoms with Gasteiger partial charge in [0.2, 0.25) is 0 Å². The number of hydrogen-bond acceptors (Lipinski definition) is 4. The number of methoxy groups -OCH3 is 1. The zero-order chi connectivity index (χ0) is 15.4. The summed E-state index contributed by atoms with van der Waals surface area (Å²) in [5.74, 6) is 0.920. The van der Waals surface area contributed by atoms with Crippen molar-refractivity contribution >= 4 is 11.3 Å². The lowest BCUT2D eigenvalue weighted by Gasteiger charge is -2.34. The molecule has 0 aliphatic carbocycles. The zero-order valence-electron chi connectivity index (χ0n) is 13.3. The van der Waals surface area contributed by atoms with E-state index in [0.29, 0.717) is 6.04 Å². The molecule has 0 spiro atoms. The van der Waals surface area contributed by atoms with E-state index in [1.165, 1.54) is 15.3 Å². The number of thiophene rings is 1. The van der Waals surface area contributed by atoms with E-state index in [-0.39, 0.29) is 0 Å². The standard InChI is InChI=1S/C18H24N2OS/c1-3-16-8-9-17(22-16)18(20-12-10-19-11-13-20)14-4-6-15(21-2)7-5-14/h4-9,18-19H,3,10-13H2,1-2H3. The normalized spacial score (nSPS) is 17.4. The second-order valence-corrected chi connectivity index (χ2v) is 6.82. The van der Waals surface area contributed by atoms with Crippen LogP contribution in [0.15, 0.2) is 36.4 Å². The minimum absolute atomic E-state index is 0.360. The summed E-state index contributed by atoms with van der Waals surface area (Å²) >= 11 is 1.95. The summed E-state index contributed by atoms with van der Waals surface area (Å²) in [5, 5.41) is 3.45. The van der Waals surface area contributed by atoms with Gasteiger partial charge < -0.3 is 10.1 Å². The Morgan fingerprint density at radius 3 is 2.45 bits per heavy atom. The average molecular weight is 316 g/mol. The summed E-state index contributed by atoms with van der Waals surface area (Å²) in [6.07, 6.45) is 1.11. The third kappa shape index (κ3) is 3.35. The second kappa shape index (κ2) is 7.27. The zero-order valence-corrected chi connectivity index (χ0v) is 14.2. The highest BCUT2D eigenvalue weighted by Crippen LogP contribution is 2.34. The molecule has 2 aromatic rings. The monoisotopic (exact) mass is 316 g/mol. The topological polar surface area (TPSA) is 24.5 Å². The van der Waals surface area contributed by atoms with E-state index in [1.807, 2.05) is 11.3 Å². The molecular weight excluding hydrogens is 292 g/mol. The Bertz CT molecular complexity index is 587. The van der Waals surface area contributed by atoms with E-state index in [1.54, 1.807) is 7.11 Å². The Hall–Kier alpha value is -1.36. The fourth-order valence-electron chi connectivity index (χ4n) is 3.01. The van der Waals surface area contributed by atoms with Crippen LogP contribution in [0.2, 0.25) is 0 Å². The minimum atomic E-state index is 0.360. The molecule has 0 amide bonds. The fourth-order valence-corrected chi connectivity index (χ4v) is 4.13. The maximum absolute atomic E-state index is 5.30. The van der Waals surface area contributed by atoms with Crippen molar-refractivity contribution in [1.29, 1.82) is 0 Å². The molecule has 0 bridgehead atoms. The molecule has 3 nitrogen and oxygen atoms in total. The highest BCUT2D eigenvalue weighted by Gasteiger charge is 2.25. The van der Waals surface area contributed by atoms with E-state index in [2.05, 4.69) is 53.5 Å². The van der Waals surface area contributed by atoms with Crippen LogP contribution < -0.4 is 10.1 Å². The molecule has 1 aliphatic heterocycles. The summed E-state index contributed by atoms with van der Waals surface area (Å²) in [4.78, 5) is 5.50. The van der Waals surface area contributed by atoms with Gasteiger partial charge >= 0.3 is 0 Å². The van der Waals surface area contributed by atoms with E-state index in [4.69, 9.17) is 4.74 Å². The maximum Gasteiger partial charge on any atom is 0.118 e. The maximum atomic E-state index is 5.30. The first kappa shape index (κ1) is 15.5. The number of rotatable bonds is 5. The highest BCUT2D eigenvalue weighted by atomic mass is 32.1. The summed E-state index contributed by atoms with van der Waals surface area (Å²) in [5.41, 5.74) is 1.35. The fraction of sp³-hybridized carbons (Fsp3) is 0.444. The lowest BCUT2D eigenvalue weighted by Crippen LogP contribution is -2.45. The molecule has 3 rings (SSSR count). The average Bonchev–Trinajstić information content (AvgIpc) is 3.05. The molecule has 4 heteroatoms. The Labute approximate surface area is 136 Å². The van der Waals surface area contributed by atoms with E-state index >= 15 is 0 Å². The SMILES string of the molecule is CCc1ccc(C(c2ccc(OC)cc2)N2CCNCC2)s1. The number of benzene rings is 1. The molecule has 22 heavy (non-hydrogen) atoms. The molecular formula is C18H24N2OS. The van der Waals surface area contributed by atoms with Crippen LogP contribution in [0.5, 0.6) is 5.75 Å². The molecule has 1 aliphatic rings. The summed E-state index contributed by atoms with van der Waals surface area (Å²) < 4.78 is 5.30. The van der Waals surface area contributed by atoms with Gasteiger partial charge in [0.05, 0.1) is 13.2 Å². The highest BCUT2D eigenvalue weighted by molar-refractivity contribution is 7.12. The minimum Gasteiger partial charge on any atom is -0.497 e. The van der Waals surface area contributed by atoms with Crippen LogP contribution in [-0.2, 0) is 6.42 Å². The third-order valence-electron chi connectivity index (χ3n) is 4.25. The first-order chi connectivity index (χ1) is 10.8. The molecule has 1 aromatic heterocycles. The molecule has 1 aromatic carbocycles.